The van der Waals surface area contributed by atoms with Gasteiger partial charge in [-0.2, -0.15) is 0 Å². The Bertz CT molecular complexity index is 1220. The molecule has 228 valence electrons. The molecule has 2 aromatic rings. The molecule has 4 atom stereocenters. The molecule has 0 spiro atoms. The molecule has 42 heavy (non-hydrogen) atoms. The van der Waals surface area contributed by atoms with Crippen LogP contribution in [0.25, 0.3) is 0 Å². The van der Waals surface area contributed by atoms with Gasteiger partial charge in [-0.1, -0.05) is 56.3 Å². The molecule has 0 aliphatic rings. The first-order valence-electron chi connectivity index (χ1n) is 13.7. The van der Waals surface area contributed by atoms with Crippen LogP contribution in [-0.4, -0.2) is 82.5 Å². The number of hydrogen-bond donors (Lipinski definition) is 6. The first-order chi connectivity index (χ1) is 19.8. The lowest BCUT2D eigenvalue weighted by Gasteiger charge is -2.29. The van der Waals surface area contributed by atoms with E-state index in [0.717, 1.165) is 11.1 Å². The molecule has 0 saturated carbocycles. The molecule has 0 aromatic heterocycles. The number of rotatable bonds is 15. The first kappa shape index (κ1) is 33.8. The van der Waals surface area contributed by atoms with Crippen LogP contribution in [0.3, 0.4) is 0 Å². The number of phenolic OH excluding ortho intramolecular Hbond substituents is 1. The monoisotopic (exact) mass is 583 g/mol. The van der Waals surface area contributed by atoms with Crippen LogP contribution in [0.2, 0.25) is 0 Å². The fraction of sp³-hybridized carbons (Fsp3) is 0.433. The Morgan fingerprint density at radius 1 is 0.833 bits per heavy atom. The zero-order valence-corrected chi connectivity index (χ0v) is 24.4. The van der Waals surface area contributed by atoms with Gasteiger partial charge in [-0.3, -0.25) is 19.2 Å². The molecule has 12 nitrogen and oxygen atoms in total. The number of amides is 4. The zero-order valence-electron chi connectivity index (χ0n) is 24.4. The lowest BCUT2D eigenvalue weighted by atomic mass is 10.0. The van der Waals surface area contributed by atoms with Gasteiger partial charge in [0, 0.05) is 13.5 Å². The van der Waals surface area contributed by atoms with E-state index in [1.165, 1.54) is 31.0 Å². The first-order valence-corrected chi connectivity index (χ1v) is 13.7. The van der Waals surface area contributed by atoms with Crippen molar-refractivity contribution >= 4 is 29.6 Å². The standard InChI is InChI=1S/C30H41N5O7/c1-18(2)14-24(30(41)42)34-29(40)25(16-20-8-6-5-7-9-20)35(4)26(37)17-32-27(38)19(3)33-28(39)23(31)15-21-10-12-22(36)13-11-21/h5-13,18-19,23-25,36H,14-17,31H2,1-4H3,(H,32,38)(H,33,39)(H,34,40)(H,41,42)/t19-,23+,24-,25+/m1/s1. The van der Waals surface area contributed by atoms with E-state index >= 15 is 0 Å². The number of carboxylic acids is 1. The summed E-state index contributed by atoms with van der Waals surface area (Å²) >= 11 is 0. The molecule has 0 aliphatic carbocycles. The second kappa shape index (κ2) is 16.1. The van der Waals surface area contributed by atoms with Gasteiger partial charge in [0.25, 0.3) is 0 Å². The van der Waals surface area contributed by atoms with Crippen LogP contribution < -0.4 is 21.7 Å². The minimum absolute atomic E-state index is 0.0124. The SMILES string of the molecule is CC(C)C[C@@H](NC(=O)[C@H](Cc1ccccc1)N(C)C(=O)CNC(=O)[C@@H](C)NC(=O)[C@@H](N)Cc1ccc(O)cc1)C(=O)O. The fourth-order valence-electron chi connectivity index (χ4n) is 4.18. The van der Waals surface area contributed by atoms with E-state index in [1.807, 2.05) is 19.9 Å². The number of carbonyl (C=O) groups is 5. The van der Waals surface area contributed by atoms with Crippen molar-refractivity contribution in [2.45, 2.75) is 64.2 Å². The molecule has 2 aromatic carbocycles. The molecule has 7 N–H and O–H groups in total. The molecule has 2 rings (SSSR count). The third-order valence-electron chi connectivity index (χ3n) is 6.65. The van der Waals surface area contributed by atoms with Crippen molar-refractivity contribution in [1.29, 1.82) is 0 Å². The maximum absolute atomic E-state index is 13.2. The van der Waals surface area contributed by atoms with Gasteiger partial charge in [0.05, 0.1) is 12.6 Å². The number of benzene rings is 2. The lowest BCUT2D eigenvalue weighted by Crippen LogP contribution is -2.55. The van der Waals surface area contributed by atoms with Crippen molar-refractivity contribution in [2.75, 3.05) is 13.6 Å². The minimum Gasteiger partial charge on any atom is -0.508 e. The molecule has 0 radical (unpaired) electrons. The third-order valence-corrected chi connectivity index (χ3v) is 6.65. The molecule has 0 bridgehead atoms. The van der Waals surface area contributed by atoms with Crippen molar-refractivity contribution in [3.63, 3.8) is 0 Å². The molecule has 0 saturated heterocycles. The van der Waals surface area contributed by atoms with Gasteiger partial charge < -0.3 is 36.8 Å². The second-order valence-corrected chi connectivity index (χ2v) is 10.7. The summed E-state index contributed by atoms with van der Waals surface area (Å²) in [6.07, 6.45) is 0.534. The normalized spacial score (nSPS) is 13.8. The van der Waals surface area contributed by atoms with Gasteiger partial charge in [-0.25, -0.2) is 4.79 Å². The summed E-state index contributed by atoms with van der Waals surface area (Å²) in [5.41, 5.74) is 7.45. The Balaban J connectivity index is 2.00. The molecule has 12 heteroatoms. The van der Waals surface area contributed by atoms with Gasteiger partial charge in [0.2, 0.25) is 23.6 Å². The van der Waals surface area contributed by atoms with Gasteiger partial charge in [0.1, 0.15) is 23.9 Å². The molecular weight excluding hydrogens is 542 g/mol. The number of carbonyl (C=O) groups excluding carboxylic acids is 4. The highest BCUT2D eigenvalue weighted by atomic mass is 16.4. The number of aromatic hydroxyl groups is 1. The largest absolute Gasteiger partial charge is 0.508 e. The number of nitrogens with zero attached hydrogens (tertiary/aromatic N) is 1. The van der Waals surface area contributed by atoms with Crippen LogP contribution in [0.15, 0.2) is 54.6 Å². The smallest absolute Gasteiger partial charge is 0.326 e. The minimum atomic E-state index is -1.17. The molecule has 0 heterocycles. The number of nitrogens with one attached hydrogen (secondary N) is 3. The Morgan fingerprint density at radius 2 is 1.43 bits per heavy atom. The quantitative estimate of drug-likeness (QED) is 0.175. The van der Waals surface area contributed by atoms with E-state index in [-0.39, 0.29) is 30.9 Å². The average Bonchev–Trinajstić information content (AvgIpc) is 2.94. The third kappa shape index (κ3) is 10.8. The summed E-state index contributed by atoms with van der Waals surface area (Å²) in [7, 11) is 1.41. The fourth-order valence-corrected chi connectivity index (χ4v) is 4.18. The second-order valence-electron chi connectivity index (χ2n) is 10.7. The van der Waals surface area contributed by atoms with Gasteiger partial charge in [0.15, 0.2) is 0 Å². The Morgan fingerprint density at radius 3 is 2.00 bits per heavy atom. The summed E-state index contributed by atoms with van der Waals surface area (Å²) in [6.45, 7) is 4.67. The highest BCUT2D eigenvalue weighted by molar-refractivity contribution is 5.94. The van der Waals surface area contributed by atoms with Crippen molar-refractivity contribution in [3.8, 4) is 5.75 Å². The average molecular weight is 584 g/mol. The highest BCUT2D eigenvalue weighted by Crippen LogP contribution is 2.12. The van der Waals surface area contributed by atoms with Gasteiger partial charge >= 0.3 is 5.97 Å². The highest BCUT2D eigenvalue weighted by Gasteiger charge is 2.31. The van der Waals surface area contributed by atoms with Gasteiger partial charge in [-0.15, -0.1) is 0 Å². The Hall–Kier alpha value is -4.45. The van der Waals surface area contributed by atoms with Crippen molar-refractivity contribution in [2.24, 2.45) is 11.7 Å². The summed E-state index contributed by atoms with van der Waals surface area (Å²) < 4.78 is 0. The van der Waals surface area contributed by atoms with E-state index in [9.17, 15) is 34.2 Å². The van der Waals surface area contributed by atoms with E-state index in [0.29, 0.717) is 0 Å². The Labute approximate surface area is 245 Å². The van der Waals surface area contributed by atoms with Gasteiger partial charge in [-0.05, 0) is 48.9 Å². The Kier molecular flexibility index (Phi) is 12.9. The van der Waals surface area contributed by atoms with Crippen LogP contribution in [0.4, 0.5) is 0 Å². The molecule has 0 unspecified atom stereocenters. The maximum Gasteiger partial charge on any atom is 0.326 e. The number of aliphatic carboxylic acids is 1. The summed E-state index contributed by atoms with van der Waals surface area (Å²) in [5.74, 6) is -3.48. The number of carboxylic acid groups (broad SMARTS) is 1. The predicted octanol–water partition coefficient (Wildman–Crippen LogP) is 0.568. The van der Waals surface area contributed by atoms with Crippen molar-refractivity contribution in [1.82, 2.24) is 20.9 Å². The number of hydrogen-bond acceptors (Lipinski definition) is 7. The summed E-state index contributed by atoms with van der Waals surface area (Å²) in [5, 5.41) is 26.5. The van der Waals surface area contributed by atoms with Crippen LogP contribution in [-0.2, 0) is 36.8 Å². The van der Waals surface area contributed by atoms with E-state index < -0.39 is 60.3 Å². The van der Waals surface area contributed by atoms with Crippen molar-refractivity contribution in [3.05, 3.63) is 65.7 Å². The number of phenols is 1. The van der Waals surface area contributed by atoms with Crippen LogP contribution in [0.1, 0.15) is 38.3 Å². The van der Waals surface area contributed by atoms with Crippen molar-refractivity contribution < 1.29 is 34.2 Å². The van der Waals surface area contributed by atoms with Crippen LogP contribution >= 0.6 is 0 Å². The molecule has 0 aliphatic heterocycles. The predicted molar refractivity (Wildman–Crippen MR) is 156 cm³/mol. The number of nitrogens with two attached hydrogens (primary N) is 1. The molecular formula is C30H41N5O7. The van der Waals surface area contributed by atoms with Crippen LogP contribution in [0, 0.1) is 5.92 Å². The lowest BCUT2D eigenvalue weighted by molar-refractivity contribution is -0.144. The van der Waals surface area contributed by atoms with Crippen LogP contribution in [0.5, 0.6) is 5.75 Å². The topological polar surface area (TPSA) is 191 Å². The molecule has 4 amide bonds. The summed E-state index contributed by atoms with van der Waals surface area (Å²) in [6, 6.07) is 11.1. The summed E-state index contributed by atoms with van der Waals surface area (Å²) in [4.78, 5) is 64.3. The van der Waals surface area contributed by atoms with E-state index in [2.05, 4.69) is 16.0 Å². The maximum atomic E-state index is 13.2. The number of likely N-dealkylation sites (N-methyl/N-ethyl adjacent to an activating group) is 1. The zero-order chi connectivity index (χ0) is 31.4. The van der Waals surface area contributed by atoms with E-state index in [4.69, 9.17) is 5.73 Å². The van der Waals surface area contributed by atoms with E-state index in [1.54, 1.807) is 36.4 Å². The molecule has 0 fully saturated rings.